The minimum Gasteiger partial charge on any atom is -0.324 e. The van der Waals surface area contributed by atoms with Crippen LogP contribution in [0.3, 0.4) is 0 Å². The summed E-state index contributed by atoms with van der Waals surface area (Å²) in [6.07, 6.45) is 0. The molecule has 0 spiro atoms. The summed E-state index contributed by atoms with van der Waals surface area (Å²) in [4.78, 5) is 12.2. The van der Waals surface area contributed by atoms with Gasteiger partial charge in [-0.2, -0.15) is 0 Å². The zero-order valence-corrected chi connectivity index (χ0v) is 14.9. The van der Waals surface area contributed by atoms with E-state index < -0.39 is 0 Å². The molecule has 23 heavy (non-hydrogen) atoms. The Balaban J connectivity index is 1.96. The first-order chi connectivity index (χ1) is 10.9. The van der Waals surface area contributed by atoms with Crippen molar-refractivity contribution < 1.29 is 4.79 Å². The van der Waals surface area contributed by atoms with Crippen LogP contribution in [0.15, 0.2) is 36.4 Å². The number of benzene rings is 2. The highest BCUT2D eigenvalue weighted by molar-refractivity contribution is 6.35. The van der Waals surface area contributed by atoms with Gasteiger partial charge in [0.05, 0.1) is 6.54 Å². The number of rotatable bonds is 5. The Morgan fingerprint density at radius 1 is 1.13 bits per heavy atom. The third-order valence-corrected chi connectivity index (χ3v) is 4.31. The van der Waals surface area contributed by atoms with Crippen LogP contribution in [0.25, 0.3) is 0 Å². The van der Waals surface area contributed by atoms with Crippen LogP contribution in [-0.4, -0.2) is 12.5 Å². The third-order valence-electron chi connectivity index (χ3n) is 3.74. The molecule has 0 fully saturated rings. The van der Waals surface area contributed by atoms with Gasteiger partial charge in [-0.3, -0.25) is 4.79 Å². The Labute approximate surface area is 147 Å². The molecule has 0 unspecified atom stereocenters. The van der Waals surface area contributed by atoms with E-state index in [4.69, 9.17) is 23.2 Å². The maximum atomic E-state index is 12.2. The lowest BCUT2D eigenvalue weighted by molar-refractivity contribution is -0.115. The van der Waals surface area contributed by atoms with Crippen LogP contribution in [0, 0.1) is 13.8 Å². The SMILES string of the molecule is Cc1cccc(C)c1NC(=O)CN[C@@H](C)c1ccc(Cl)cc1Cl. The summed E-state index contributed by atoms with van der Waals surface area (Å²) in [6, 6.07) is 11.2. The lowest BCUT2D eigenvalue weighted by Gasteiger charge is -2.17. The first kappa shape index (κ1) is 17.8. The number of hydrogen-bond acceptors (Lipinski definition) is 2. The summed E-state index contributed by atoms with van der Waals surface area (Å²) in [6.45, 7) is 6.12. The van der Waals surface area contributed by atoms with Crippen LogP contribution < -0.4 is 10.6 Å². The van der Waals surface area contributed by atoms with Crippen molar-refractivity contribution in [2.24, 2.45) is 0 Å². The molecule has 2 rings (SSSR count). The Hall–Kier alpha value is -1.55. The van der Waals surface area contributed by atoms with Gasteiger partial charge in [0.2, 0.25) is 5.91 Å². The maximum Gasteiger partial charge on any atom is 0.238 e. The second kappa shape index (κ2) is 7.82. The van der Waals surface area contributed by atoms with E-state index in [1.165, 1.54) is 0 Å². The normalized spacial score (nSPS) is 12.0. The molecular formula is C18H20Cl2N2O. The Bertz CT molecular complexity index is 696. The quantitative estimate of drug-likeness (QED) is 0.804. The lowest BCUT2D eigenvalue weighted by Crippen LogP contribution is -2.30. The molecule has 0 radical (unpaired) electrons. The predicted molar refractivity (Wildman–Crippen MR) is 97.4 cm³/mol. The number of aryl methyl sites for hydroxylation is 2. The van der Waals surface area contributed by atoms with E-state index in [0.717, 1.165) is 22.4 Å². The number of para-hydroxylation sites is 1. The van der Waals surface area contributed by atoms with E-state index in [0.29, 0.717) is 10.0 Å². The van der Waals surface area contributed by atoms with Gasteiger partial charge in [0.25, 0.3) is 0 Å². The fraction of sp³-hybridized carbons (Fsp3) is 0.278. The van der Waals surface area contributed by atoms with Gasteiger partial charge in [-0.05, 0) is 49.6 Å². The summed E-state index contributed by atoms with van der Waals surface area (Å²) >= 11 is 12.1. The summed E-state index contributed by atoms with van der Waals surface area (Å²) in [5.41, 5.74) is 3.88. The number of anilines is 1. The van der Waals surface area contributed by atoms with Crippen molar-refractivity contribution in [2.45, 2.75) is 26.8 Å². The first-order valence-electron chi connectivity index (χ1n) is 7.43. The van der Waals surface area contributed by atoms with Crippen molar-refractivity contribution >= 4 is 34.8 Å². The van der Waals surface area contributed by atoms with Gasteiger partial charge in [-0.15, -0.1) is 0 Å². The first-order valence-corrected chi connectivity index (χ1v) is 8.18. The Kier molecular flexibility index (Phi) is 6.05. The zero-order valence-electron chi connectivity index (χ0n) is 13.4. The monoisotopic (exact) mass is 350 g/mol. The molecule has 3 nitrogen and oxygen atoms in total. The molecule has 122 valence electrons. The summed E-state index contributed by atoms with van der Waals surface area (Å²) in [5, 5.41) is 7.32. The standard InChI is InChI=1S/C18H20Cl2N2O/c1-11-5-4-6-12(2)18(11)22-17(23)10-21-13(3)15-8-7-14(19)9-16(15)20/h4-9,13,21H,10H2,1-3H3,(H,22,23)/t13-/m0/s1. The molecule has 0 aromatic heterocycles. The minimum atomic E-state index is -0.0839. The second-order valence-electron chi connectivity index (χ2n) is 5.58. The van der Waals surface area contributed by atoms with Gasteiger partial charge in [-0.1, -0.05) is 47.5 Å². The summed E-state index contributed by atoms with van der Waals surface area (Å²) in [5.74, 6) is -0.0839. The van der Waals surface area contributed by atoms with Crippen LogP contribution in [0.1, 0.15) is 29.7 Å². The van der Waals surface area contributed by atoms with Crippen molar-refractivity contribution in [1.82, 2.24) is 5.32 Å². The molecule has 0 saturated heterocycles. The van der Waals surface area contributed by atoms with E-state index in [1.54, 1.807) is 12.1 Å². The second-order valence-corrected chi connectivity index (χ2v) is 6.43. The van der Waals surface area contributed by atoms with Crippen molar-refractivity contribution in [3.8, 4) is 0 Å². The van der Waals surface area contributed by atoms with Crippen molar-refractivity contribution in [3.63, 3.8) is 0 Å². The Morgan fingerprint density at radius 3 is 2.39 bits per heavy atom. The van der Waals surface area contributed by atoms with Gasteiger partial charge in [0.1, 0.15) is 0 Å². The van der Waals surface area contributed by atoms with Crippen LogP contribution in [0.5, 0.6) is 0 Å². The van der Waals surface area contributed by atoms with Crippen LogP contribution in [0.2, 0.25) is 10.0 Å². The molecule has 0 heterocycles. The average Bonchev–Trinajstić information content (AvgIpc) is 2.49. The Morgan fingerprint density at radius 2 is 1.78 bits per heavy atom. The van der Waals surface area contributed by atoms with Crippen LogP contribution in [-0.2, 0) is 4.79 Å². The van der Waals surface area contributed by atoms with Crippen molar-refractivity contribution in [1.29, 1.82) is 0 Å². The number of carbonyl (C=O) groups excluding carboxylic acids is 1. The highest BCUT2D eigenvalue weighted by Gasteiger charge is 2.12. The molecule has 0 aliphatic rings. The molecule has 0 aliphatic heterocycles. The van der Waals surface area contributed by atoms with E-state index in [1.807, 2.05) is 45.0 Å². The van der Waals surface area contributed by atoms with Gasteiger partial charge in [0, 0.05) is 21.8 Å². The van der Waals surface area contributed by atoms with Crippen molar-refractivity contribution in [2.75, 3.05) is 11.9 Å². The molecule has 1 atom stereocenters. The zero-order chi connectivity index (χ0) is 17.0. The number of hydrogen-bond donors (Lipinski definition) is 2. The molecule has 2 aromatic carbocycles. The fourth-order valence-electron chi connectivity index (χ4n) is 2.40. The summed E-state index contributed by atoms with van der Waals surface area (Å²) < 4.78 is 0. The number of halogens is 2. The molecule has 0 aliphatic carbocycles. The predicted octanol–water partition coefficient (Wildman–Crippen LogP) is 4.90. The molecule has 0 bridgehead atoms. The van der Waals surface area contributed by atoms with Gasteiger partial charge in [0.15, 0.2) is 0 Å². The van der Waals surface area contributed by atoms with Crippen molar-refractivity contribution in [3.05, 3.63) is 63.1 Å². The van der Waals surface area contributed by atoms with E-state index in [9.17, 15) is 4.79 Å². The fourth-order valence-corrected chi connectivity index (χ4v) is 2.98. The number of nitrogens with one attached hydrogen (secondary N) is 2. The van der Waals surface area contributed by atoms with Crippen LogP contribution >= 0.6 is 23.2 Å². The maximum absolute atomic E-state index is 12.2. The number of amides is 1. The van der Waals surface area contributed by atoms with Gasteiger partial charge in [-0.25, -0.2) is 0 Å². The molecule has 0 saturated carbocycles. The van der Waals surface area contributed by atoms with Crippen LogP contribution in [0.4, 0.5) is 5.69 Å². The number of carbonyl (C=O) groups is 1. The smallest absolute Gasteiger partial charge is 0.238 e. The molecule has 5 heteroatoms. The molecule has 2 aromatic rings. The topological polar surface area (TPSA) is 41.1 Å². The lowest BCUT2D eigenvalue weighted by atomic mass is 10.1. The summed E-state index contributed by atoms with van der Waals surface area (Å²) in [7, 11) is 0. The average molecular weight is 351 g/mol. The van der Waals surface area contributed by atoms with E-state index >= 15 is 0 Å². The molecule has 2 N–H and O–H groups in total. The minimum absolute atomic E-state index is 0.0523. The molecular weight excluding hydrogens is 331 g/mol. The van der Waals surface area contributed by atoms with E-state index in [2.05, 4.69) is 10.6 Å². The highest BCUT2D eigenvalue weighted by atomic mass is 35.5. The van der Waals surface area contributed by atoms with Gasteiger partial charge < -0.3 is 10.6 Å². The van der Waals surface area contributed by atoms with E-state index in [-0.39, 0.29) is 18.5 Å². The third kappa shape index (κ3) is 4.71. The van der Waals surface area contributed by atoms with Gasteiger partial charge >= 0.3 is 0 Å². The molecule has 1 amide bonds. The largest absolute Gasteiger partial charge is 0.324 e. The highest BCUT2D eigenvalue weighted by Crippen LogP contribution is 2.26.